The molecule has 0 spiro atoms. The molecule has 3 atom stereocenters. The molecule has 6 N–H and O–H groups in total. The lowest BCUT2D eigenvalue weighted by atomic mass is 9.93. The predicted molar refractivity (Wildman–Crippen MR) is 139 cm³/mol. The number of fused-ring (bicyclic) bond motifs is 1. The van der Waals surface area contributed by atoms with Gasteiger partial charge in [-0.25, -0.2) is 4.79 Å². The Hall–Kier alpha value is -5.16. The summed E-state index contributed by atoms with van der Waals surface area (Å²) in [6.45, 7) is 2.18. The number of hydrogen-bond donors (Lipinski definition) is 6. The van der Waals surface area contributed by atoms with Crippen LogP contribution in [0.5, 0.6) is 46.0 Å². The zero-order valence-electron chi connectivity index (χ0n) is 21.3. The third-order valence-corrected chi connectivity index (χ3v) is 6.35. The van der Waals surface area contributed by atoms with Crippen LogP contribution in [0.2, 0.25) is 0 Å². The molecule has 3 aromatic rings. The molecule has 0 radical (unpaired) electrons. The van der Waals surface area contributed by atoms with Crippen molar-refractivity contribution in [2.45, 2.75) is 32.0 Å². The summed E-state index contributed by atoms with van der Waals surface area (Å²) >= 11 is 0. The van der Waals surface area contributed by atoms with Gasteiger partial charge in [0.25, 0.3) is 0 Å². The van der Waals surface area contributed by atoms with E-state index in [1.165, 1.54) is 30.3 Å². The van der Waals surface area contributed by atoms with E-state index in [4.69, 9.17) is 19.7 Å². The maximum Gasteiger partial charge on any atom is 0.338 e. The van der Waals surface area contributed by atoms with Gasteiger partial charge in [-0.2, -0.15) is 0 Å². The first-order chi connectivity index (χ1) is 19.1. The predicted octanol–water partition coefficient (Wildman–Crippen LogP) is 4.54. The van der Waals surface area contributed by atoms with Gasteiger partial charge in [0.2, 0.25) is 5.75 Å². The van der Waals surface area contributed by atoms with Crippen LogP contribution < -0.4 is 9.47 Å². The maximum atomic E-state index is 13.2. The first kappa shape index (κ1) is 27.9. The van der Waals surface area contributed by atoms with Crippen molar-refractivity contribution in [3.05, 3.63) is 69.6 Å². The number of azide groups is 1. The molecule has 0 aromatic heterocycles. The maximum absolute atomic E-state index is 13.2. The van der Waals surface area contributed by atoms with E-state index in [0.29, 0.717) is 12.0 Å². The zero-order chi connectivity index (χ0) is 29.0. The van der Waals surface area contributed by atoms with E-state index in [0.717, 1.165) is 12.1 Å². The average Bonchev–Trinajstić information content (AvgIpc) is 2.91. The lowest BCUT2D eigenvalue weighted by molar-refractivity contribution is -0.0189. The number of nitrogens with zero attached hydrogens (tertiary/aromatic N) is 3. The van der Waals surface area contributed by atoms with Gasteiger partial charge < -0.3 is 44.8 Å². The Kier molecular flexibility index (Phi) is 8.15. The summed E-state index contributed by atoms with van der Waals surface area (Å²) in [6.07, 6.45) is -1.63. The van der Waals surface area contributed by atoms with Gasteiger partial charge >= 0.3 is 5.97 Å². The molecule has 13 nitrogen and oxygen atoms in total. The van der Waals surface area contributed by atoms with Crippen molar-refractivity contribution in [1.29, 1.82) is 0 Å². The van der Waals surface area contributed by atoms with Crippen molar-refractivity contribution >= 4 is 5.97 Å². The Balaban J connectivity index is 1.60. The number of phenolic OH excluding ortho intramolecular Hbond substituents is 6. The molecule has 1 unspecified atom stereocenters. The number of phenols is 6. The molecular formula is C27H27N3O10. The molecule has 1 aliphatic rings. The van der Waals surface area contributed by atoms with E-state index in [1.54, 1.807) is 0 Å². The second kappa shape index (κ2) is 11.7. The number of aromatic hydroxyl groups is 6. The summed E-state index contributed by atoms with van der Waals surface area (Å²) in [5, 5.41) is 63.9. The second-order valence-electron chi connectivity index (χ2n) is 9.38. The fourth-order valence-corrected chi connectivity index (χ4v) is 4.22. The van der Waals surface area contributed by atoms with Gasteiger partial charge in [0.05, 0.1) is 12.2 Å². The summed E-state index contributed by atoms with van der Waals surface area (Å²) in [5.74, 6) is -3.56. The number of esters is 1. The van der Waals surface area contributed by atoms with E-state index in [9.17, 15) is 35.4 Å². The van der Waals surface area contributed by atoms with Gasteiger partial charge in [0.15, 0.2) is 29.1 Å². The normalized spacial score (nSPS) is 16.6. The van der Waals surface area contributed by atoms with Crippen LogP contribution >= 0.6 is 0 Å². The standard InChI is InChI=1S/C27H27N3O10/c1-13(4-5-29-30-28)12-38-23-8-15(7-21(35)25(23)36)27(37)40-24-11-17-19(33)9-16(31)10-22(17)39-26(24)14-2-3-18(32)20(34)6-14/h2-3,6-10,13,24,26,31-36H,4-5,11-12H2,1H3/t13?,24-,26-/m1/s1. The fourth-order valence-electron chi connectivity index (χ4n) is 4.22. The molecule has 0 fully saturated rings. The minimum atomic E-state index is -1.07. The van der Waals surface area contributed by atoms with Gasteiger partial charge in [0.1, 0.15) is 23.4 Å². The van der Waals surface area contributed by atoms with Crippen molar-refractivity contribution in [1.82, 2.24) is 0 Å². The summed E-state index contributed by atoms with van der Waals surface area (Å²) in [5.41, 5.74) is 8.84. The van der Waals surface area contributed by atoms with Crippen LogP contribution in [0.4, 0.5) is 0 Å². The average molecular weight is 554 g/mol. The van der Waals surface area contributed by atoms with Crippen molar-refractivity contribution in [2.24, 2.45) is 11.0 Å². The highest BCUT2D eigenvalue weighted by Crippen LogP contribution is 2.44. The summed E-state index contributed by atoms with van der Waals surface area (Å²) in [7, 11) is 0. The third-order valence-electron chi connectivity index (χ3n) is 6.35. The highest BCUT2D eigenvalue weighted by molar-refractivity contribution is 5.91. The smallest absolute Gasteiger partial charge is 0.338 e. The van der Waals surface area contributed by atoms with Gasteiger partial charge in [-0.05, 0) is 42.1 Å². The van der Waals surface area contributed by atoms with E-state index >= 15 is 0 Å². The molecule has 13 heteroatoms. The Morgan fingerprint density at radius 1 is 1.05 bits per heavy atom. The molecule has 0 saturated carbocycles. The molecule has 0 aliphatic carbocycles. The molecule has 3 aromatic carbocycles. The Morgan fingerprint density at radius 2 is 1.82 bits per heavy atom. The van der Waals surface area contributed by atoms with Crippen LogP contribution in [0.25, 0.3) is 10.4 Å². The Bertz CT molecular complexity index is 1470. The van der Waals surface area contributed by atoms with Crippen LogP contribution in [0.1, 0.15) is 40.9 Å². The number of hydrogen-bond acceptors (Lipinski definition) is 11. The van der Waals surface area contributed by atoms with Crippen LogP contribution in [0.3, 0.4) is 0 Å². The Labute approximate surface area is 227 Å². The highest BCUT2D eigenvalue weighted by Gasteiger charge is 2.37. The van der Waals surface area contributed by atoms with E-state index in [-0.39, 0.29) is 65.4 Å². The van der Waals surface area contributed by atoms with Crippen LogP contribution in [0.15, 0.2) is 47.6 Å². The molecule has 40 heavy (non-hydrogen) atoms. The van der Waals surface area contributed by atoms with Crippen LogP contribution in [0, 0.1) is 5.92 Å². The van der Waals surface area contributed by atoms with Crippen molar-refractivity contribution in [3.8, 4) is 46.0 Å². The van der Waals surface area contributed by atoms with Crippen molar-refractivity contribution < 1.29 is 49.6 Å². The lowest BCUT2D eigenvalue weighted by Crippen LogP contribution is -2.34. The monoisotopic (exact) mass is 553 g/mol. The molecular weight excluding hydrogens is 526 g/mol. The van der Waals surface area contributed by atoms with Crippen LogP contribution in [-0.2, 0) is 11.2 Å². The second-order valence-corrected chi connectivity index (χ2v) is 9.38. The van der Waals surface area contributed by atoms with Crippen molar-refractivity contribution in [3.63, 3.8) is 0 Å². The van der Waals surface area contributed by atoms with Gasteiger partial charge in [0, 0.05) is 41.1 Å². The number of carbonyl (C=O) groups excluding carboxylic acids is 1. The summed E-state index contributed by atoms with van der Waals surface area (Å²) < 4.78 is 17.3. The first-order valence-electron chi connectivity index (χ1n) is 12.2. The largest absolute Gasteiger partial charge is 0.508 e. The van der Waals surface area contributed by atoms with E-state index in [1.807, 2.05) is 6.92 Å². The van der Waals surface area contributed by atoms with Crippen LogP contribution in [-0.4, -0.2) is 55.9 Å². The third kappa shape index (κ3) is 6.11. The van der Waals surface area contributed by atoms with E-state index < -0.39 is 35.4 Å². The summed E-state index contributed by atoms with van der Waals surface area (Å²) in [6, 6.07) is 8.53. The number of ether oxygens (including phenoxy) is 3. The number of carbonyl (C=O) groups is 1. The van der Waals surface area contributed by atoms with E-state index in [2.05, 4.69) is 10.0 Å². The lowest BCUT2D eigenvalue weighted by Gasteiger charge is -2.34. The SMILES string of the molecule is CC(CCN=[N+]=[N-])COc1cc(C(=O)O[C@@H]2Cc3c(O)cc(O)cc3O[C@@H]2c2ccc(O)c(O)c2)cc(O)c1O. The zero-order valence-corrected chi connectivity index (χ0v) is 21.3. The van der Waals surface area contributed by atoms with Crippen molar-refractivity contribution in [2.75, 3.05) is 13.2 Å². The first-order valence-corrected chi connectivity index (χ1v) is 12.2. The number of benzene rings is 3. The minimum absolute atomic E-state index is 0.0460. The Morgan fingerprint density at radius 3 is 2.55 bits per heavy atom. The number of rotatable bonds is 9. The molecule has 4 rings (SSSR count). The van der Waals surface area contributed by atoms with Gasteiger partial charge in [-0.1, -0.05) is 18.1 Å². The molecule has 0 bridgehead atoms. The quantitative estimate of drug-likeness (QED) is 0.0715. The minimum Gasteiger partial charge on any atom is -0.508 e. The highest BCUT2D eigenvalue weighted by atomic mass is 16.6. The molecule has 210 valence electrons. The molecule has 0 amide bonds. The molecule has 1 heterocycles. The van der Waals surface area contributed by atoms with Gasteiger partial charge in [-0.15, -0.1) is 0 Å². The fraction of sp³-hybridized carbons (Fsp3) is 0.296. The summed E-state index contributed by atoms with van der Waals surface area (Å²) in [4.78, 5) is 15.9. The topological polar surface area (TPSA) is 215 Å². The molecule has 1 aliphatic heterocycles. The van der Waals surface area contributed by atoms with Gasteiger partial charge in [-0.3, -0.25) is 0 Å². The molecule has 0 saturated heterocycles.